The fourth-order valence-corrected chi connectivity index (χ4v) is 1.62. The van der Waals surface area contributed by atoms with Gasteiger partial charge in [0.25, 0.3) is 5.91 Å². The van der Waals surface area contributed by atoms with Crippen molar-refractivity contribution in [2.75, 3.05) is 0 Å². The number of hydrogen-bond donors (Lipinski definition) is 2. The van der Waals surface area contributed by atoms with E-state index in [-0.39, 0.29) is 5.56 Å². The van der Waals surface area contributed by atoms with Crippen LogP contribution >= 0.6 is 0 Å². The van der Waals surface area contributed by atoms with E-state index >= 15 is 0 Å². The Bertz CT molecular complexity index is 490. The van der Waals surface area contributed by atoms with Crippen LogP contribution in [0, 0.1) is 11.6 Å². The zero-order valence-corrected chi connectivity index (χ0v) is 8.30. The van der Waals surface area contributed by atoms with E-state index < -0.39 is 29.1 Å². The molecule has 0 bridgehead atoms. The normalized spacial score (nSPS) is 24.2. The molecule has 1 saturated heterocycles. The summed E-state index contributed by atoms with van der Waals surface area (Å²) in [5, 5.41) is 4.23. The highest BCUT2D eigenvalue weighted by atomic mass is 19.2. The van der Waals surface area contributed by atoms with Gasteiger partial charge in [-0.15, -0.1) is 0 Å². The summed E-state index contributed by atoms with van der Waals surface area (Å²) in [7, 11) is 0. The highest BCUT2D eigenvalue weighted by Crippen LogP contribution is 2.27. The van der Waals surface area contributed by atoms with Gasteiger partial charge in [-0.1, -0.05) is 12.1 Å². The molecule has 2 rings (SSSR count). The lowest BCUT2D eigenvalue weighted by molar-refractivity contribution is -0.123. The van der Waals surface area contributed by atoms with Gasteiger partial charge in [0.05, 0.1) is 0 Å². The van der Waals surface area contributed by atoms with E-state index in [1.54, 1.807) is 0 Å². The van der Waals surface area contributed by atoms with Gasteiger partial charge in [-0.05, 0) is 13.0 Å². The number of nitrogens with one attached hydrogen (secondary N) is 2. The summed E-state index contributed by atoms with van der Waals surface area (Å²) in [5.41, 5.74) is -1.76. The molecule has 3 amide bonds. The summed E-state index contributed by atoms with van der Waals surface area (Å²) in [6, 6.07) is 2.74. The molecule has 0 spiro atoms. The van der Waals surface area contributed by atoms with Crippen LogP contribution in [0.5, 0.6) is 0 Å². The Hall–Kier alpha value is -1.98. The van der Waals surface area contributed by atoms with Gasteiger partial charge in [0, 0.05) is 5.56 Å². The third-order valence-electron chi connectivity index (χ3n) is 2.53. The molecule has 1 fully saturated rings. The lowest BCUT2D eigenvalue weighted by Gasteiger charge is -2.21. The minimum Gasteiger partial charge on any atom is -0.319 e. The van der Waals surface area contributed by atoms with E-state index in [2.05, 4.69) is 5.32 Å². The summed E-state index contributed by atoms with van der Waals surface area (Å²) in [4.78, 5) is 22.5. The van der Waals surface area contributed by atoms with E-state index in [1.807, 2.05) is 5.32 Å². The van der Waals surface area contributed by atoms with Gasteiger partial charge in [-0.2, -0.15) is 0 Å². The SMILES string of the molecule is CC1(c2cccc(F)c2F)NC(=O)NC1=O. The van der Waals surface area contributed by atoms with Crippen LogP contribution in [0.3, 0.4) is 0 Å². The molecule has 4 nitrogen and oxygen atoms in total. The molecule has 6 heteroatoms. The number of halogens is 2. The topological polar surface area (TPSA) is 58.2 Å². The lowest BCUT2D eigenvalue weighted by atomic mass is 9.92. The zero-order valence-electron chi connectivity index (χ0n) is 8.30. The third-order valence-corrected chi connectivity index (χ3v) is 2.53. The maximum atomic E-state index is 13.5. The van der Waals surface area contributed by atoms with Crippen molar-refractivity contribution in [2.45, 2.75) is 12.5 Å². The lowest BCUT2D eigenvalue weighted by Crippen LogP contribution is -2.41. The molecule has 1 aliphatic rings. The molecule has 1 aromatic rings. The fraction of sp³-hybridized carbons (Fsp3) is 0.200. The molecule has 1 unspecified atom stereocenters. The van der Waals surface area contributed by atoms with Crippen molar-refractivity contribution in [1.29, 1.82) is 0 Å². The van der Waals surface area contributed by atoms with E-state index in [0.29, 0.717) is 0 Å². The Labute approximate surface area is 89.6 Å². The molecule has 1 heterocycles. The fourth-order valence-electron chi connectivity index (χ4n) is 1.62. The molecule has 2 N–H and O–H groups in total. The number of carbonyl (C=O) groups excluding carboxylic acids is 2. The second-order valence-corrected chi connectivity index (χ2v) is 3.63. The first-order chi connectivity index (χ1) is 7.45. The second-order valence-electron chi connectivity index (χ2n) is 3.63. The largest absolute Gasteiger partial charge is 0.322 e. The molecular weight excluding hydrogens is 218 g/mol. The van der Waals surface area contributed by atoms with Crippen LogP contribution in [-0.2, 0) is 10.3 Å². The van der Waals surface area contributed by atoms with Crippen LogP contribution in [0.15, 0.2) is 18.2 Å². The first kappa shape index (κ1) is 10.5. The number of amides is 3. The predicted molar refractivity (Wildman–Crippen MR) is 50.4 cm³/mol. The van der Waals surface area contributed by atoms with Crippen LogP contribution in [0.2, 0.25) is 0 Å². The molecule has 16 heavy (non-hydrogen) atoms. The number of imide groups is 1. The smallest absolute Gasteiger partial charge is 0.319 e. The molecule has 84 valence electrons. The van der Waals surface area contributed by atoms with Crippen molar-refractivity contribution in [1.82, 2.24) is 10.6 Å². The minimum absolute atomic E-state index is 0.198. The van der Waals surface area contributed by atoms with Crippen molar-refractivity contribution in [3.63, 3.8) is 0 Å². The van der Waals surface area contributed by atoms with Gasteiger partial charge < -0.3 is 5.32 Å². The minimum atomic E-state index is -1.57. The second kappa shape index (κ2) is 3.26. The molecular formula is C10H8F2N2O2. The van der Waals surface area contributed by atoms with Crippen LogP contribution in [0.25, 0.3) is 0 Å². The summed E-state index contributed by atoms with van der Waals surface area (Å²) >= 11 is 0. The van der Waals surface area contributed by atoms with Gasteiger partial charge in [-0.25, -0.2) is 13.6 Å². The van der Waals surface area contributed by atoms with Crippen molar-refractivity contribution >= 4 is 11.9 Å². The van der Waals surface area contributed by atoms with Gasteiger partial charge in [0.15, 0.2) is 11.6 Å². The third kappa shape index (κ3) is 1.34. The van der Waals surface area contributed by atoms with E-state index in [4.69, 9.17) is 0 Å². The van der Waals surface area contributed by atoms with Gasteiger partial charge in [-0.3, -0.25) is 10.1 Å². The molecule has 0 aliphatic carbocycles. The molecule has 0 saturated carbocycles. The van der Waals surface area contributed by atoms with E-state index in [1.165, 1.54) is 19.1 Å². The van der Waals surface area contributed by atoms with Crippen LogP contribution in [0.4, 0.5) is 13.6 Å². The summed E-state index contributed by atoms with van der Waals surface area (Å²) < 4.78 is 26.5. The number of urea groups is 1. The van der Waals surface area contributed by atoms with Crippen molar-refractivity contribution < 1.29 is 18.4 Å². The van der Waals surface area contributed by atoms with E-state index in [0.717, 1.165) is 6.07 Å². The summed E-state index contributed by atoms with van der Waals surface area (Å²) in [5.74, 6) is -2.91. The molecule has 1 atom stereocenters. The first-order valence-corrected chi connectivity index (χ1v) is 4.53. The number of hydrogen-bond acceptors (Lipinski definition) is 2. The molecule has 0 aromatic heterocycles. The summed E-state index contributed by atoms with van der Waals surface area (Å²) in [6.45, 7) is 1.31. The standard InChI is InChI=1S/C10H8F2N2O2/c1-10(8(15)13-9(16)14-10)5-3-2-4-6(11)7(5)12/h2-4H,1H3,(H2,13,14,15,16). The number of rotatable bonds is 1. The Morgan fingerprint density at radius 3 is 2.50 bits per heavy atom. The van der Waals surface area contributed by atoms with Crippen molar-refractivity contribution in [3.8, 4) is 0 Å². The Morgan fingerprint density at radius 1 is 1.25 bits per heavy atom. The maximum Gasteiger partial charge on any atom is 0.322 e. The van der Waals surface area contributed by atoms with Crippen LogP contribution in [-0.4, -0.2) is 11.9 Å². The summed E-state index contributed by atoms with van der Waals surface area (Å²) in [6.07, 6.45) is 0. The van der Waals surface area contributed by atoms with Gasteiger partial charge in [0.2, 0.25) is 0 Å². The average molecular weight is 226 g/mol. The number of carbonyl (C=O) groups is 2. The Balaban J connectivity index is 2.56. The Morgan fingerprint density at radius 2 is 1.94 bits per heavy atom. The predicted octanol–water partition coefficient (Wildman–Crippen LogP) is 1.02. The number of benzene rings is 1. The van der Waals surface area contributed by atoms with Crippen LogP contribution in [0.1, 0.15) is 12.5 Å². The van der Waals surface area contributed by atoms with Crippen molar-refractivity contribution in [3.05, 3.63) is 35.4 Å². The zero-order chi connectivity index (χ0) is 11.9. The van der Waals surface area contributed by atoms with Gasteiger partial charge >= 0.3 is 6.03 Å². The maximum absolute atomic E-state index is 13.5. The highest BCUT2D eigenvalue weighted by molar-refractivity contribution is 6.07. The first-order valence-electron chi connectivity index (χ1n) is 4.53. The monoisotopic (exact) mass is 226 g/mol. The Kier molecular flexibility index (Phi) is 2.15. The molecule has 0 radical (unpaired) electrons. The molecule has 1 aromatic carbocycles. The molecule has 1 aliphatic heterocycles. The van der Waals surface area contributed by atoms with E-state index in [9.17, 15) is 18.4 Å². The van der Waals surface area contributed by atoms with Crippen LogP contribution < -0.4 is 10.6 Å². The van der Waals surface area contributed by atoms with Gasteiger partial charge in [0.1, 0.15) is 5.54 Å². The highest BCUT2D eigenvalue weighted by Gasteiger charge is 2.45. The average Bonchev–Trinajstić information content (AvgIpc) is 2.46. The quantitative estimate of drug-likeness (QED) is 0.702. The van der Waals surface area contributed by atoms with Crippen molar-refractivity contribution in [2.24, 2.45) is 0 Å².